The molecule has 0 unspecified atom stereocenters. The fraction of sp³-hybridized carbons (Fsp3) is 0.378. The van der Waals surface area contributed by atoms with Crippen LogP contribution in [0.15, 0.2) is 121 Å². The molecule has 1 aliphatic heterocycles. The molecule has 308 valence electrons. The molecule has 1 heterocycles. The van der Waals surface area contributed by atoms with Crippen LogP contribution in [-0.4, -0.2) is 86.6 Å². The van der Waals surface area contributed by atoms with Gasteiger partial charge in [0.1, 0.15) is 12.2 Å². The first-order chi connectivity index (χ1) is 28.4. The van der Waals surface area contributed by atoms with Crippen molar-refractivity contribution in [2.45, 2.75) is 70.4 Å². The van der Waals surface area contributed by atoms with Crippen LogP contribution in [0.25, 0.3) is 0 Å². The van der Waals surface area contributed by atoms with Crippen LogP contribution in [0.2, 0.25) is 0 Å². The molecule has 3 amide bonds. The second-order valence-corrected chi connectivity index (χ2v) is 13.7. The molecule has 58 heavy (non-hydrogen) atoms. The molecule has 5 rings (SSSR count). The van der Waals surface area contributed by atoms with Crippen molar-refractivity contribution >= 4 is 23.7 Å². The van der Waals surface area contributed by atoms with Crippen molar-refractivity contribution in [3.05, 3.63) is 144 Å². The molecule has 0 bridgehead atoms. The molecule has 0 aliphatic carbocycles. The summed E-state index contributed by atoms with van der Waals surface area (Å²) in [5, 5.41) is 3.38. The quantitative estimate of drug-likeness (QED) is 0.0764. The summed E-state index contributed by atoms with van der Waals surface area (Å²) in [6.07, 6.45) is -1.69. The highest BCUT2D eigenvalue weighted by Gasteiger charge is 2.33. The Morgan fingerprint density at radius 3 is 1.19 bits per heavy atom. The standard InChI is InChI=1S/C45H52N2O11/c48-42(21-24-45(51)58-47-43(49)22-23-44(47)50)46-39(29-56-40(31-52-25-35-13-5-1-6-14-35)32-53-26-36-15-7-2-8-16-36)30-57-41(33-54-27-37-17-9-3-10-18-37)34-55-28-38-19-11-4-12-20-38/h1-20,39-41H,21-34H2,(H,46,48). The van der Waals surface area contributed by atoms with Gasteiger partial charge in [-0.1, -0.05) is 121 Å². The van der Waals surface area contributed by atoms with Crippen molar-refractivity contribution in [3.8, 4) is 0 Å². The third-order valence-corrected chi connectivity index (χ3v) is 8.85. The molecule has 0 aromatic heterocycles. The second kappa shape index (κ2) is 25.2. The summed E-state index contributed by atoms with van der Waals surface area (Å²) in [6.45, 7) is 2.40. The minimum absolute atomic E-state index is 0.0174. The van der Waals surface area contributed by atoms with Crippen LogP contribution in [0.5, 0.6) is 0 Å². The van der Waals surface area contributed by atoms with E-state index in [1.54, 1.807) is 0 Å². The highest BCUT2D eigenvalue weighted by Crippen LogP contribution is 2.14. The van der Waals surface area contributed by atoms with Gasteiger partial charge in [-0.05, 0) is 22.3 Å². The van der Waals surface area contributed by atoms with Crippen LogP contribution in [0.3, 0.4) is 0 Å². The number of carbonyl (C=O) groups excluding carboxylic acids is 4. The van der Waals surface area contributed by atoms with E-state index in [0.29, 0.717) is 31.5 Å². The van der Waals surface area contributed by atoms with E-state index >= 15 is 0 Å². The molecule has 0 atom stereocenters. The lowest BCUT2D eigenvalue weighted by atomic mass is 10.2. The number of rotatable bonds is 27. The predicted octanol–water partition coefficient (Wildman–Crippen LogP) is 5.50. The number of nitrogens with one attached hydrogen (secondary N) is 1. The van der Waals surface area contributed by atoms with Gasteiger partial charge in [0.25, 0.3) is 11.8 Å². The van der Waals surface area contributed by atoms with Crippen LogP contribution < -0.4 is 5.32 Å². The Bertz CT molecular complexity index is 1590. The van der Waals surface area contributed by atoms with E-state index in [0.717, 1.165) is 22.3 Å². The first kappa shape index (κ1) is 43.8. The van der Waals surface area contributed by atoms with Crippen LogP contribution >= 0.6 is 0 Å². The predicted molar refractivity (Wildman–Crippen MR) is 212 cm³/mol. The largest absolute Gasteiger partial charge is 0.374 e. The number of nitrogens with zero attached hydrogens (tertiary/aromatic N) is 1. The molecule has 1 aliphatic rings. The topological polar surface area (TPSA) is 148 Å². The molecule has 1 fully saturated rings. The van der Waals surface area contributed by atoms with Gasteiger partial charge >= 0.3 is 5.97 Å². The summed E-state index contributed by atoms with van der Waals surface area (Å²) in [5.74, 6) is -2.55. The van der Waals surface area contributed by atoms with Gasteiger partial charge < -0.3 is 38.6 Å². The molecule has 13 nitrogen and oxygen atoms in total. The first-order valence-electron chi connectivity index (χ1n) is 19.5. The third-order valence-electron chi connectivity index (χ3n) is 8.85. The van der Waals surface area contributed by atoms with Gasteiger partial charge in [-0.2, -0.15) is 0 Å². The molecule has 0 spiro atoms. The van der Waals surface area contributed by atoms with Crippen molar-refractivity contribution < 1.29 is 52.4 Å². The van der Waals surface area contributed by atoms with Crippen molar-refractivity contribution in [1.29, 1.82) is 0 Å². The van der Waals surface area contributed by atoms with Gasteiger partial charge in [0.15, 0.2) is 0 Å². The SMILES string of the molecule is O=C(CCC(=O)ON1C(=O)CCC1=O)NC(COC(COCc1ccccc1)COCc1ccccc1)COC(COCc1ccccc1)COCc1ccccc1. The Hall–Kier alpha value is -5.28. The zero-order valence-corrected chi connectivity index (χ0v) is 32.6. The van der Waals surface area contributed by atoms with Gasteiger partial charge in [-0.15, -0.1) is 5.06 Å². The van der Waals surface area contributed by atoms with E-state index in [1.165, 1.54) is 0 Å². The van der Waals surface area contributed by atoms with E-state index in [4.69, 9.17) is 33.3 Å². The van der Waals surface area contributed by atoms with Crippen molar-refractivity contribution in [2.75, 3.05) is 39.6 Å². The lowest BCUT2D eigenvalue weighted by molar-refractivity contribution is -0.197. The maximum atomic E-state index is 13.3. The minimum Gasteiger partial charge on any atom is -0.374 e. The monoisotopic (exact) mass is 796 g/mol. The van der Waals surface area contributed by atoms with Crippen molar-refractivity contribution in [1.82, 2.24) is 10.4 Å². The number of carbonyl (C=O) groups is 4. The number of hydroxylamine groups is 2. The van der Waals surface area contributed by atoms with E-state index in [9.17, 15) is 19.2 Å². The highest BCUT2D eigenvalue weighted by molar-refractivity contribution is 6.01. The Labute approximate surface area is 339 Å². The average Bonchev–Trinajstić information content (AvgIpc) is 3.57. The first-order valence-corrected chi connectivity index (χ1v) is 19.5. The molecule has 1 N–H and O–H groups in total. The average molecular weight is 797 g/mol. The number of benzene rings is 4. The van der Waals surface area contributed by atoms with Crippen LogP contribution in [-0.2, 0) is 78.9 Å². The zero-order valence-electron chi connectivity index (χ0n) is 32.6. The Morgan fingerprint density at radius 1 is 0.500 bits per heavy atom. The maximum absolute atomic E-state index is 13.3. The summed E-state index contributed by atoms with van der Waals surface area (Å²) >= 11 is 0. The summed E-state index contributed by atoms with van der Waals surface area (Å²) in [6, 6.07) is 38.5. The molecule has 13 heteroatoms. The molecular formula is C45H52N2O11. The Kier molecular flexibility index (Phi) is 19.0. The molecule has 1 saturated heterocycles. The van der Waals surface area contributed by atoms with Crippen molar-refractivity contribution in [3.63, 3.8) is 0 Å². The van der Waals surface area contributed by atoms with E-state index < -0.39 is 41.9 Å². The zero-order chi connectivity index (χ0) is 40.6. The minimum atomic E-state index is -0.875. The van der Waals surface area contributed by atoms with E-state index in [2.05, 4.69) is 5.32 Å². The van der Waals surface area contributed by atoms with Gasteiger partial charge in [0.2, 0.25) is 5.91 Å². The van der Waals surface area contributed by atoms with Crippen molar-refractivity contribution in [2.24, 2.45) is 0 Å². The molecule has 0 saturated carbocycles. The van der Waals surface area contributed by atoms with Gasteiger partial charge in [0, 0.05) is 19.3 Å². The van der Waals surface area contributed by atoms with Crippen LogP contribution in [0.4, 0.5) is 0 Å². The fourth-order valence-corrected chi connectivity index (χ4v) is 5.78. The number of hydrogen-bond acceptors (Lipinski definition) is 11. The van der Waals surface area contributed by atoms with Gasteiger partial charge in [-0.25, -0.2) is 4.79 Å². The summed E-state index contributed by atoms with van der Waals surface area (Å²) in [7, 11) is 0. The highest BCUT2D eigenvalue weighted by atomic mass is 16.7. The van der Waals surface area contributed by atoms with Gasteiger partial charge in [-0.3, -0.25) is 14.4 Å². The Morgan fingerprint density at radius 2 is 0.845 bits per heavy atom. The van der Waals surface area contributed by atoms with E-state index in [1.807, 2.05) is 121 Å². The number of ether oxygens (including phenoxy) is 6. The lowest BCUT2D eigenvalue weighted by Gasteiger charge is -2.26. The number of amides is 3. The summed E-state index contributed by atoms with van der Waals surface area (Å²) < 4.78 is 36.8. The van der Waals surface area contributed by atoms with Crippen LogP contribution in [0.1, 0.15) is 47.9 Å². The summed E-state index contributed by atoms with van der Waals surface area (Å²) in [5.41, 5.74) is 4.04. The fourth-order valence-electron chi connectivity index (χ4n) is 5.78. The normalized spacial score (nSPS) is 12.8. The number of hydrogen-bond donors (Lipinski definition) is 1. The molecule has 0 radical (unpaired) electrons. The second-order valence-electron chi connectivity index (χ2n) is 13.7. The lowest BCUT2D eigenvalue weighted by Crippen LogP contribution is -2.45. The molecular weight excluding hydrogens is 744 g/mol. The molecule has 4 aromatic carbocycles. The Balaban J connectivity index is 1.21. The summed E-state index contributed by atoms with van der Waals surface area (Å²) in [4.78, 5) is 54.4. The van der Waals surface area contributed by atoms with E-state index in [-0.39, 0.29) is 65.3 Å². The van der Waals surface area contributed by atoms with Crippen LogP contribution in [0, 0.1) is 0 Å². The molecule has 4 aromatic rings. The van der Waals surface area contributed by atoms with Gasteiger partial charge in [0.05, 0.1) is 78.5 Å². The third kappa shape index (κ3) is 16.7. The smallest absolute Gasteiger partial charge is 0.333 e. The number of imide groups is 1. The maximum Gasteiger partial charge on any atom is 0.333 e.